The molecule has 1 aliphatic heterocycles. The summed E-state index contributed by atoms with van der Waals surface area (Å²) in [5, 5.41) is 0.567. The molecule has 0 spiro atoms. The fourth-order valence-corrected chi connectivity index (χ4v) is 2.26. The SMILES string of the molecule is CN(CC1CCCO1)C(=O)c1nc(Cl)ccc1Cl. The molecule has 1 atom stereocenters. The number of likely N-dealkylation sites (N-methyl/N-ethyl adjacent to an activating group) is 1. The summed E-state index contributed by atoms with van der Waals surface area (Å²) in [6, 6.07) is 3.13. The van der Waals surface area contributed by atoms with Crippen LogP contribution in [0.25, 0.3) is 0 Å². The number of carbonyl (C=O) groups excluding carboxylic acids is 1. The van der Waals surface area contributed by atoms with Gasteiger partial charge in [-0.05, 0) is 25.0 Å². The monoisotopic (exact) mass is 288 g/mol. The molecule has 2 heterocycles. The van der Waals surface area contributed by atoms with Gasteiger partial charge in [-0.3, -0.25) is 4.79 Å². The molecule has 0 bridgehead atoms. The van der Waals surface area contributed by atoms with Crippen molar-refractivity contribution in [3.63, 3.8) is 0 Å². The van der Waals surface area contributed by atoms with E-state index in [-0.39, 0.29) is 22.9 Å². The molecule has 0 aromatic carbocycles. The Balaban J connectivity index is 2.07. The third-order valence-electron chi connectivity index (χ3n) is 2.86. The van der Waals surface area contributed by atoms with Crippen LogP contribution < -0.4 is 0 Å². The number of hydrogen-bond donors (Lipinski definition) is 0. The fourth-order valence-electron chi connectivity index (χ4n) is 1.93. The summed E-state index contributed by atoms with van der Waals surface area (Å²) in [7, 11) is 1.71. The molecule has 1 amide bonds. The molecule has 1 aliphatic rings. The zero-order chi connectivity index (χ0) is 13.1. The molecule has 0 saturated carbocycles. The Bertz CT molecular complexity index is 448. The zero-order valence-electron chi connectivity index (χ0n) is 10.0. The third kappa shape index (κ3) is 3.13. The van der Waals surface area contributed by atoms with Gasteiger partial charge in [-0.2, -0.15) is 0 Å². The number of rotatable bonds is 3. The maximum Gasteiger partial charge on any atom is 0.273 e. The lowest BCUT2D eigenvalue weighted by atomic mass is 10.2. The Kier molecular flexibility index (Phi) is 4.43. The van der Waals surface area contributed by atoms with Gasteiger partial charge in [0.15, 0.2) is 0 Å². The van der Waals surface area contributed by atoms with Crippen molar-refractivity contribution in [2.75, 3.05) is 20.2 Å². The molecule has 1 aromatic heterocycles. The topological polar surface area (TPSA) is 42.4 Å². The highest BCUT2D eigenvalue weighted by Gasteiger charge is 2.23. The molecule has 0 aliphatic carbocycles. The number of aromatic nitrogens is 1. The first-order valence-corrected chi connectivity index (χ1v) is 6.52. The van der Waals surface area contributed by atoms with Gasteiger partial charge in [-0.25, -0.2) is 4.98 Å². The van der Waals surface area contributed by atoms with Crippen LogP contribution in [-0.2, 0) is 4.74 Å². The van der Waals surface area contributed by atoms with E-state index >= 15 is 0 Å². The van der Waals surface area contributed by atoms with E-state index in [1.807, 2.05) is 0 Å². The first-order valence-electron chi connectivity index (χ1n) is 5.77. The van der Waals surface area contributed by atoms with Crippen molar-refractivity contribution in [3.8, 4) is 0 Å². The average molecular weight is 289 g/mol. The summed E-state index contributed by atoms with van der Waals surface area (Å²) in [5.41, 5.74) is 0.185. The van der Waals surface area contributed by atoms with Gasteiger partial charge in [0.2, 0.25) is 0 Å². The van der Waals surface area contributed by atoms with Crippen LogP contribution in [0, 0.1) is 0 Å². The van der Waals surface area contributed by atoms with Crippen molar-refractivity contribution in [2.45, 2.75) is 18.9 Å². The van der Waals surface area contributed by atoms with Crippen LogP contribution in [0.2, 0.25) is 10.2 Å². The zero-order valence-corrected chi connectivity index (χ0v) is 11.5. The lowest BCUT2D eigenvalue weighted by Crippen LogP contribution is -2.34. The van der Waals surface area contributed by atoms with Crippen LogP contribution in [0.3, 0.4) is 0 Å². The first-order chi connectivity index (χ1) is 8.58. The predicted octanol–water partition coefficient (Wildman–Crippen LogP) is 2.64. The van der Waals surface area contributed by atoms with Crippen LogP contribution in [0.5, 0.6) is 0 Å². The molecular formula is C12H14Cl2N2O2. The highest BCUT2D eigenvalue weighted by molar-refractivity contribution is 6.34. The number of nitrogens with zero attached hydrogens (tertiary/aromatic N) is 2. The van der Waals surface area contributed by atoms with Crippen LogP contribution in [-0.4, -0.2) is 42.1 Å². The number of ether oxygens (including phenoxy) is 1. The summed E-state index contributed by atoms with van der Waals surface area (Å²) in [5.74, 6) is -0.238. The Morgan fingerprint density at radius 2 is 2.33 bits per heavy atom. The molecule has 6 heteroatoms. The molecular weight excluding hydrogens is 275 g/mol. The van der Waals surface area contributed by atoms with E-state index in [4.69, 9.17) is 27.9 Å². The number of halogens is 2. The highest BCUT2D eigenvalue weighted by Crippen LogP contribution is 2.19. The van der Waals surface area contributed by atoms with E-state index in [0.29, 0.717) is 11.6 Å². The maximum atomic E-state index is 12.2. The molecule has 1 unspecified atom stereocenters. The minimum Gasteiger partial charge on any atom is -0.376 e. The molecule has 1 aromatic rings. The molecule has 0 radical (unpaired) electrons. The Morgan fingerprint density at radius 3 is 3.00 bits per heavy atom. The van der Waals surface area contributed by atoms with E-state index in [2.05, 4.69) is 4.98 Å². The molecule has 2 rings (SSSR count). The smallest absolute Gasteiger partial charge is 0.273 e. The Hall–Kier alpha value is -0.840. The highest BCUT2D eigenvalue weighted by atomic mass is 35.5. The number of amides is 1. The summed E-state index contributed by atoms with van der Waals surface area (Å²) in [6.07, 6.45) is 2.13. The standard InChI is InChI=1S/C12H14Cl2N2O2/c1-16(7-8-3-2-6-18-8)12(17)11-9(13)4-5-10(14)15-11/h4-5,8H,2-3,6-7H2,1H3. The molecule has 1 fully saturated rings. The summed E-state index contributed by atoms with van der Waals surface area (Å²) in [6.45, 7) is 1.31. The van der Waals surface area contributed by atoms with Gasteiger partial charge in [0.25, 0.3) is 5.91 Å². The number of carbonyl (C=O) groups is 1. The maximum absolute atomic E-state index is 12.2. The van der Waals surface area contributed by atoms with Crippen molar-refractivity contribution in [1.82, 2.24) is 9.88 Å². The minimum absolute atomic E-state index is 0.108. The number of pyridine rings is 1. The van der Waals surface area contributed by atoms with Crippen molar-refractivity contribution < 1.29 is 9.53 Å². The lowest BCUT2D eigenvalue weighted by Gasteiger charge is -2.20. The van der Waals surface area contributed by atoms with Crippen LogP contribution in [0.1, 0.15) is 23.3 Å². The van der Waals surface area contributed by atoms with E-state index in [0.717, 1.165) is 19.4 Å². The third-order valence-corrected chi connectivity index (χ3v) is 3.38. The predicted molar refractivity (Wildman–Crippen MR) is 70.2 cm³/mol. The van der Waals surface area contributed by atoms with Gasteiger partial charge >= 0.3 is 0 Å². The van der Waals surface area contributed by atoms with Crippen molar-refractivity contribution in [3.05, 3.63) is 28.0 Å². The van der Waals surface area contributed by atoms with E-state index in [9.17, 15) is 4.79 Å². The van der Waals surface area contributed by atoms with Gasteiger partial charge in [0.05, 0.1) is 11.1 Å². The first kappa shape index (κ1) is 13.6. The lowest BCUT2D eigenvalue weighted by molar-refractivity contribution is 0.0583. The number of hydrogen-bond acceptors (Lipinski definition) is 3. The van der Waals surface area contributed by atoms with Gasteiger partial charge < -0.3 is 9.64 Å². The minimum atomic E-state index is -0.238. The summed E-state index contributed by atoms with van der Waals surface area (Å²) < 4.78 is 5.49. The largest absolute Gasteiger partial charge is 0.376 e. The van der Waals surface area contributed by atoms with Crippen molar-refractivity contribution >= 4 is 29.1 Å². The van der Waals surface area contributed by atoms with Gasteiger partial charge in [-0.15, -0.1) is 0 Å². The quantitative estimate of drug-likeness (QED) is 0.803. The second-order valence-corrected chi connectivity index (χ2v) is 5.08. The molecule has 1 saturated heterocycles. The second kappa shape index (κ2) is 5.87. The summed E-state index contributed by atoms with van der Waals surface area (Å²) >= 11 is 11.7. The fraction of sp³-hybridized carbons (Fsp3) is 0.500. The van der Waals surface area contributed by atoms with E-state index in [1.165, 1.54) is 0 Å². The van der Waals surface area contributed by atoms with Gasteiger partial charge in [0.1, 0.15) is 10.8 Å². The normalized spacial score (nSPS) is 18.9. The van der Waals surface area contributed by atoms with Crippen LogP contribution in [0.15, 0.2) is 12.1 Å². The van der Waals surface area contributed by atoms with Gasteiger partial charge in [0, 0.05) is 20.2 Å². The van der Waals surface area contributed by atoms with Crippen molar-refractivity contribution in [1.29, 1.82) is 0 Å². The van der Waals surface area contributed by atoms with Crippen LogP contribution in [0.4, 0.5) is 0 Å². The molecule has 98 valence electrons. The Morgan fingerprint density at radius 1 is 1.56 bits per heavy atom. The van der Waals surface area contributed by atoms with Gasteiger partial charge in [-0.1, -0.05) is 23.2 Å². The average Bonchev–Trinajstić information content (AvgIpc) is 2.84. The summed E-state index contributed by atoms with van der Waals surface area (Å²) in [4.78, 5) is 17.7. The van der Waals surface area contributed by atoms with Crippen LogP contribution >= 0.6 is 23.2 Å². The molecule has 18 heavy (non-hydrogen) atoms. The molecule has 4 nitrogen and oxygen atoms in total. The van der Waals surface area contributed by atoms with E-state index < -0.39 is 0 Å². The van der Waals surface area contributed by atoms with E-state index in [1.54, 1.807) is 24.1 Å². The second-order valence-electron chi connectivity index (χ2n) is 4.29. The Labute approximate surface area is 116 Å². The van der Waals surface area contributed by atoms with Crippen molar-refractivity contribution in [2.24, 2.45) is 0 Å². The molecule has 0 N–H and O–H groups in total.